The first-order chi connectivity index (χ1) is 13.1. The maximum Gasteiger partial charge on any atom is 0.409 e. The molecule has 1 aliphatic rings. The molecule has 144 valence electrons. The van der Waals surface area contributed by atoms with Gasteiger partial charge in [-0.25, -0.2) is 9.78 Å². The van der Waals surface area contributed by atoms with Crippen LogP contribution in [0, 0.1) is 0 Å². The normalized spacial score (nSPS) is 14.4. The lowest BCUT2D eigenvalue weighted by molar-refractivity contribution is 0.105. The molecule has 0 radical (unpaired) electrons. The van der Waals surface area contributed by atoms with E-state index in [0.717, 1.165) is 17.1 Å². The van der Waals surface area contributed by atoms with Crippen molar-refractivity contribution in [2.75, 3.05) is 43.0 Å². The van der Waals surface area contributed by atoms with E-state index in [1.54, 1.807) is 4.90 Å². The van der Waals surface area contributed by atoms with Crippen LogP contribution in [0.2, 0.25) is 0 Å². The number of aromatic nitrogens is 2. The summed E-state index contributed by atoms with van der Waals surface area (Å²) in [6, 6.07) is 12.3. The van der Waals surface area contributed by atoms with Crippen molar-refractivity contribution in [1.82, 2.24) is 14.9 Å². The molecule has 0 spiro atoms. The molecule has 0 unspecified atom stereocenters. The molecule has 7 nitrogen and oxygen atoms in total. The first-order valence-corrected chi connectivity index (χ1v) is 9.44. The molecule has 2 aromatic rings. The van der Waals surface area contributed by atoms with Crippen molar-refractivity contribution in [2.24, 2.45) is 0 Å². The fraction of sp³-hybridized carbons (Fsp3) is 0.450. The zero-order valence-corrected chi connectivity index (χ0v) is 16.2. The Bertz CT molecular complexity index is 758. The summed E-state index contributed by atoms with van der Waals surface area (Å²) in [6.07, 6.45) is -0.244. The molecule has 1 amide bonds. The third-order valence-corrected chi connectivity index (χ3v) is 4.33. The molecule has 1 aliphatic heterocycles. The second kappa shape index (κ2) is 8.70. The monoisotopic (exact) mass is 369 g/mol. The molecule has 1 aromatic heterocycles. The summed E-state index contributed by atoms with van der Waals surface area (Å²) in [5.74, 6) is 1.49. The van der Waals surface area contributed by atoms with Crippen LogP contribution in [0.15, 0.2) is 36.4 Å². The number of rotatable bonds is 5. The number of amides is 1. The van der Waals surface area contributed by atoms with Crippen LogP contribution in [-0.4, -0.2) is 59.8 Å². The average Bonchev–Trinajstić information content (AvgIpc) is 2.68. The quantitative estimate of drug-likeness (QED) is 0.872. The average molecular weight is 369 g/mol. The summed E-state index contributed by atoms with van der Waals surface area (Å²) in [5.41, 5.74) is 1.94. The minimum absolute atomic E-state index is 0.240. The van der Waals surface area contributed by atoms with E-state index in [2.05, 4.69) is 29.0 Å². The molecule has 0 atom stereocenters. The molecule has 3 rings (SSSR count). The van der Waals surface area contributed by atoms with E-state index in [9.17, 15) is 4.79 Å². The Kier molecular flexibility index (Phi) is 6.11. The minimum atomic E-state index is -0.244. The number of carbonyl (C=O) groups excluding carboxylic acids is 1. The van der Waals surface area contributed by atoms with Crippen LogP contribution in [0.1, 0.15) is 20.8 Å². The van der Waals surface area contributed by atoms with E-state index in [4.69, 9.17) is 9.72 Å². The van der Waals surface area contributed by atoms with Gasteiger partial charge in [-0.3, -0.25) is 0 Å². The molecule has 27 heavy (non-hydrogen) atoms. The number of carbonyl (C=O) groups is 1. The second-order valence-electron chi connectivity index (χ2n) is 6.77. The fourth-order valence-electron chi connectivity index (χ4n) is 3.01. The smallest absolute Gasteiger partial charge is 0.409 e. The number of nitrogens with one attached hydrogen (secondary N) is 1. The van der Waals surface area contributed by atoms with Gasteiger partial charge in [0, 0.05) is 43.9 Å². The van der Waals surface area contributed by atoms with Crippen molar-refractivity contribution in [1.29, 1.82) is 0 Å². The highest BCUT2D eigenvalue weighted by molar-refractivity contribution is 5.68. The van der Waals surface area contributed by atoms with Gasteiger partial charge >= 0.3 is 6.09 Å². The summed E-state index contributed by atoms with van der Waals surface area (Å²) in [4.78, 5) is 25.2. The van der Waals surface area contributed by atoms with Crippen molar-refractivity contribution in [3.63, 3.8) is 0 Å². The van der Waals surface area contributed by atoms with Crippen LogP contribution < -0.4 is 10.2 Å². The molecule has 1 fully saturated rings. The number of hydrogen-bond donors (Lipinski definition) is 1. The van der Waals surface area contributed by atoms with Crippen molar-refractivity contribution >= 4 is 17.9 Å². The first kappa shape index (κ1) is 18.9. The maximum absolute atomic E-state index is 11.9. The Morgan fingerprint density at radius 3 is 2.48 bits per heavy atom. The SMILES string of the molecule is CCOC(=O)N1CCN(c2cc(-c3ccccc3)nc(NC(C)C)n2)CC1. The Morgan fingerprint density at radius 2 is 1.85 bits per heavy atom. The number of nitrogens with zero attached hydrogens (tertiary/aromatic N) is 4. The van der Waals surface area contributed by atoms with Gasteiger partial charge in [-0.05, 0) is 20.8 Å². The predicted octanol–water partition coefficient (Wildman–Crippen LogP) is 3.24. The number of piperazine rings is 1. The predicted molar refractivity (Wildman–Crippen MR) is 107 cm³/mol. The lowest BCUT2D eigenvalue weighted by Gasteiger charge is -2.35. The molecule has 1 saturated heterocycles. The third-order valence-electron chi connectivity index (χ3n) is 4.33. The largest absolute Gasteiger partial charge is 0.450 e. The Morgan fingerprint density at radius 1 is 1.15 bits per heavy atom. The van der Waals surface area contributed by atoms with E-state index < -0.39 is 0 Å². The van der Waals surface area contributed by atoms with Crippen molar-refractivity contribution < 1.29 is 9.53 Å². The zero-order chi connectivity index (χ0) is 19.2. The fourth-order valence-corrected chi connectivity index (χ4v) is 3.01. The van der Waals surface area contributed by atoms with Gasteiger partial charge in [0.2, 0.25) is 5.95 Å². The van der Waals surface area contributed by atoms with Crippen molar-refractivity contribution in [3.05, 3.63) is 36.4 Å². The summed E-state index contributed by atoms with van der Waals surface area (Å²) in [7, 11) is 0. The van der Waals surface area contributed by atoms with Gasteiger partial charge in [0.1, 0.15) is 5.82 Å². The van der Waals surface area contributed by atoms with Gasteiger partial charge in [0.05, 0.1) is 12.3 Å². The highest BCUT2D eigenvalue weighted by atomic mass is 16.6. The highest BCUT2D eigenvalue weighted by Gasteiger charge is 2.23. The molecule has 0 aliphatic carbocycles. The summed E-state index contributed by atoms with van der Waals surface area (Å²) < 4.78 is 5.09. The zero-order valence-electron chi connectivity index (χ0n) is 16.2. The number of anilines is 2. The van der Waals surface area contributed by atoms with Crippen LogP contribution in [0.5, 0.6) is 0 Å². The van der Waals surface area contributed by atoms with Crippen LogP contribution >= 0.6 is 0 Å². The highest BCUT2D eigenvalue weighted by Crippen LogP contribution is 2.24. The number of ether oxygens (including phenoxy) is 1. The van der Waals surface area contributed by atoms with E-state index in [0.29, 0.717) is 38.7 Å². The Labute approximate surface area is 160 Å². The minimum Gasteiger partial charge on any atom is -0.450 e. The van der Waals surface area contributed by atoms with Crippen LogP contribution in [0.3, 0.4) is 0 Å². The van der Waals surface area contributed by atoms with Crippen molar-refractivity contribution in [2.45, 2.75) is 26.8 Å². The van der Waals surface area contributed by atoms with Gasteiger partial charge < -0.3 is 19.9 Å². The summed E-state index contributed by atoms with van der Waals surface area (Å²) in [6.45, 7) is 9.02. The van der Waals surface area contributed by atoms with Crippen LogP contribution in [0.4, 0.5) is 16.6 Å². The van der Waals surface area contributed by atoms with Crippen LogP contribution in [-0.2, 0) is 4.74 Å². The third kappa shape index (κ3) is 4.87. The molecule has 1 N–H and O–H groups in total. The lowest BCUT2D eigenvalue weighted by Crippen LogP contribution is -2.49. The molecule has 0 saturated carbocycles. The maximum atomic E-state index is 11.9. The molecule has 2 heterocycles. The Balaban J connectivity index is 1.81. The van der Waals surface area contributed by atoms with Gasteiger partial charge in [0.15, 0.2) is 0 Å². The molecule has 1 aromatic carbocycles. The van der Waals surface area contributed by atoms with E-state index in [1.165, 1.54) is 0 Å². The van der Waals surface area contributed by atoms with Gasteiger partial charge in [0.25, 0.3) is 0 Å². The lowest BCUT2D eigenvalue weighted by atomic mass is 10.1. The standard InChI is InChI=1S/C20H27N5O2/c1-4-27-20(26)25-12-10-24(11-13-25)18-14-17(16-8-6-5-7-9-16)22-19(23-18)21-15(2)3/h5-9,14-15H,4,10-13H2,1-3H3,(H,21,22,23). The molecule has 7 heteroatoms. The van der Waals surface area contributed by atoms with Gasteiger partial charge in [-0.2, -0.15) is 4.98 Å². The van der Waals surface area contributed by atoms with Crippen LogP contribution in [0.25, 0.3) is 11.3 Å². The molecular weight excluding hydrogens is 342 g/mol. The van der Waals surface area contributed by atoms with Gasteiger partial charge in [-0.1, -0.05) is 30.3 Å². The number of hydrogen-bond acceptors (Lipinski definition) is 6. The Hall–Kier alpha value is -2.83. The summed E-state index contributed by atoms with van der Waals surface area (Å²) >= 11 is 0. The molecular formula is C20H27N5O2. The van der Waals surface area contributed by atoms with E-state index in [1.807, 2.05) is 43.3 Å². The first-order valence-electron chi connectivity index (χ1n) is 9.44. The van der Waals surface area contributed by atoms with Crippen molar-refractivity contribution in [3.8, 4) is 11.3 Å². The second-order valence-corrected chi connectivity index (χ2v) is 6.77. The van der Waals surface area contributed by atoms with E-state index >= 15 is 0 Å². The number of benzene rings is 1. The van der Waals surface area contributed by atoms with E-state index in [-0.39, 0.29) is 12.1 Å². The molecule has 0 bridgehead atoms. The topological polar surface area (TPSA) is 70.6 Å². The van der Waals surface area contributed by atoms with Gasteiger partial charge in [-0.15, -0.1) is 0 Å². The summed E-state index contributed by atoms with van der Waals surface area (Å²) in [5, 5.41) is 3.30.